The molecule has 26 heavy (non-hydrogen) atoms. The minimum atomic E-state index is -0.149. The van der Waals surface area contributed by atoms with E-state index < -0.39 is 0 Å². The lowest BCUT2D eigenvalue weighted by Gasteiger charge is -2.27. The summed E-state index contributed by atoms with van der Waals surface area (Å²) in [6.45, 7) is 2.92. The summed E-state index contributed by atoms with van der Waals surface area (Å²) in [7, 11) is 0. The van der Waals surface area contributed by atoms with Crippen LogP contribution in [0.15, 0.2) is 36.8 Å². The first kappa shape index (κ1) is 17.1. The van der Waals surface area contributed by atoms with Crippen molar-refractivity contribution in [2.24, 2.45) is 0 Å². The number of carbonyl (C=O) groups excluding carboxylic acids is 1. The number of hydrogen-bond donors (Lipinski definition) is 2. The summed E-state index contributed by atoms with van der Waals surface area (Å²) in [6, 6.07) is 8.00. The molecule has 2 aromatic heterocycles. The summed E-state index contributed by atoms with van der Waals surface area (Å²) in [5.41, 5.74) is 9.72. The van der Waals surface area contributed by atoms with Crippen molar-refractivity contribution in [2.45, 2.75) is 19.4 Å². The fraction of sp³-hybridized carbons (Fsp3) is 0.211. The van der Waals surface area contributed by atoms with Gasteiger partial charge in [-0.15, -0.1) is 11.3 Å². The molecular formula is C19H17ClN4OS. The highest BCUT2D eigenvalue weighted by molar-refractivity contribution is 7.14. The molecule has 1 aromatic carbocycles. The van der Waals surface area contributed by atoms with Crippen LogP contribution in [0.4, 0.5) is 5.82 Å². The van der Waals surface area contributed by atoms with Crippen LogP contribution in [0.5, 0.6) is 0 Å². The molecule has 0 amide bonds. The Balaban J connectivity index is 1.74. The highest BCUT2D eigenvalue weighted by Crippen LogP contribution is 2.36. The second-order valence-corrected chi connectivity index (χ2v) is 7.95. The highest BCUT2D eigenvalue weighted by Gasteiger charge is 2.26. The summed E-state index contributed by atoms with van der Waals surface area (Å²) in [5, 5.41) is 4.27. The van der Waals surface area contributed by atoms with Gasteiger partial charge >= 0.3 is 0 Å². The van der Waals surface area contributed by atoms with E-state index in [4.69, 9.17) is 17.3 Å². The van der Waals surface area contributed by atoms with Gasteiger partial charge in [0.1, 0.15) is 12.1 Å². The first-order valence-electron chi connectivity index (χ1n) is 8.27. The van der Waals surface area contributed by atoms with Gasteiger partial charge in [0.2, 0.25) is 5.78 Å². The zero-order valence-electron chi connectivity index (χ0n) is 14.1. The molecule has 3 heterocycles. The molecule has 3 N–H and O–H groups in total. The van der Waals surface area contributed by atoms with Gasteiger partial charge in [-0.2, -0.15) is 0 Å². The van der Waals surface area contributed by atoms with Crippen molar-refractivity contribution in [1.29, 1.82) is 0 Å². The topological polar surface area (TPSA) is 80.9 Å². The number of halogens is 1. The third kappa shape index (κ3) is 3.00. The maximum absolute atomic E-state index is 12.8. The lowest BCUT2D eigenvalue weighted by atomic mass is 9.90. The number of aromatic nitrogens is 2. The Labute approximate surface area is 160 Å². The highest BCUT2D eigenvalue weighted by atomic mass is 35.5. The Bertz CT molecular complexity index is 1000. The van der Waals surface area contributed by atoms with Gasteiger partial charge in [-0.3, -0.25) is 4.79 Å². The lowest BCUT2D eigenvalue weighted by molar-refractivity contribution is 0.104. The molecule has 0 saturated heterocycles. The van der Waals surface area contributed by atoms with Crippen LogP contribution in [0.3, 0.4) is 0 Å². The zero-order valence-corrected chi connectivity index (χ0v) is 15.7. The number of ketones is 1. The predicted molar refractivity (Wildman–Crippen MR) is 104 cm³/mol. The number of fused-ring (bicyclic) bond motifs is 1. The van der Waals surface area contributed by atoms with Crippen LogP contribution in [-0.4, -0.2) is 22.3 Å². The number of anilines is 1. The van der Waals surface area contributed by atoms with Crippen molar-refractivity contribution in [1.82, 2.24) is 15.3 Å². The molecule has 1 aliphatic rings. The maximum atomic E-state index is 12.8. The number of nitrogens with one attached hydrogen (secondary N) is 1. The molecule has 132 valence electrons. The Kier molecular flexibility index (Phi) is 4.48. The lowest BCUT2D eigenvalue weighted by Crippen LogP contribution is -2.30. The Morgan fingerprint density at radius 2 is 2.19 bits per heavy atom. The molecule has 5 nitrogen and oxygen atoms in total. The van der Waals surface area contributed by atoms with Gasteiger partial charge < -0.3 is 11.1 Å². The van der Waals surface area contributed by atoms with Crippen molar-refractivity contribution in [2.75, 3.05) is 12.3 Å². The quantitative estimate of drug-likeness (QED) is 0.675. The van der Waals surface area contributed by atoms with Crippen LogP contribution in [0.25, 0.3) is 0 Å². The van der Waals surface area contributed by atoms with E-state index in [1.54, 1.807) is 0 Å². The standard InChI is InChI=1S/C19H17ClN4OS/c1-10-13(17-14-6-12(20)3-2-11(14)4-5-23-17)7-16(26-10)18(25)15-8-22-9-24-19(15)21/h2-3,6-9,17,23H,4-5H2,1H3,(H2,21,22,24)/t17-/m0/s1. The average Bonchev–Trinajstić information content (AvgIpc) is 3.02. The van der Waals surface area contributed by atoms with Gasteiger partial charge in [-0.05, 0) is 48.2 Å². The molecule has 4 rings (SSSR count). The molecule has 0 fully saturated rings. The summed E-state index contributed by atoms with van der Waals surface area (Å²) in [4.78, 5) is 22.4. The smallest absolute Gasteiger partial charge is 0.208 e. The first-order chi connectivity index (χ1) is 12.5. The second kappa shape index (κ2) is 6.79. The molecule has 0 radical (unpaired) electrons. The molecule has 0 bridgehead atoms. The number of nitrogens with two attached hydrogens (primary N) is 1. The predicted octanol–water partition coefficient (Wildman–Crippen LogP) is 3.55. The number of nitrogens with zero attached hydrogens (tertiary/aromatic N) is 2. The molecule has 0 unspecified atom stereocenters. The third-order valence-corrected chi connectivity index (χ3v) is 5.94. The van der Waals surface area contributed by atoms with E-state index in [0.29, 0.717) is 10.4 Å². The average molecular weight is 385 g/mol. The van der Waals surface area contributed by atoms with Crippen LogP contribution in [0, 0.1) is 6.92 Å². The Morgan fingerprint density at radius 3 is 3.00 bits per heavy atom. The van der Waals surface area contributed by atoms with Crippen LogP contribution in [-0.2, 0) is 6.42 Å². The van der Waals surface area contributed by atoms with Crippen molar-refractivity contribution >= 4 is 34.5 Å². The fourth-order valence-corrected chi connectivity index (χ4v) is 4.54. The second-order valence-electron chi connectivity index (χ2n) is 6.25. The van der Waals surface area contributed by atoms with E-state index in [9.17, 15) is 4.79 Å². The monoisotopic (exact) mass is 384 g/mol. The van der Waals surface area contributed by atoms with Crippen LogP contribution < -0.4 is 11.1 Å². The van der Waals surface area contributed by atoms with Crippen LogP contribution >= 0.6 is 22.9 Å². The number of nitrogen functional groups attached to an aromatic ring is 1. The summed E-state index contributed by atoms with van der Waals surface area (Å²) in [6.07, 6.45) is 3.77. The van der Waals surface area contributed by atoms with Gasteiger partial charge in [0, 0.05) is 22.6 Å². The largest absolute Gasteiger partial charge is 0.383 e. The van der Waals surface area contributed by atoms with E-state index in [1.165, 1.54) is 35.0 Å². The van der Waals surface area contributed by atoms with E-state index >= 15 is 0 Å². The van der Waals surface area contributed by atoms with Gasteiger partial charge in [-0.25, -0.2) is 9.97 Å². The number of hydrogen-bond acceptors (Lipinski definition) is 6. The van der Waals surface area contributed by atoms with Crippen molar-refractivity contribution < 1.29 is 4.79 Å². The first-order valence-corrected chi connectivity index (χ1v) is 9.46. The molecular weight excluding hydrogens is 368 g/mol. The number of benzene rings is 1. The summed E-state index contributed by atoms with van der Waals surface area (Å²) >= 11 is 7.68. The number of rotatable bonds is 3. The number of carbonyl (C=O) groups is 1. The minimum absolute atomic E-state index is 0.0274. The number of thiophene rings is 1. The van der Waals surface area contributed by atoms with E-state index in [-0.39, 0.29) is 17.6 Å². The minimum Gasteiger partial charge on any atom is -0.383 e. The Hall–Kier alpha value is -2.28. The maximum Gasteiger partial charge on any atom is 0.208 e. The molecule has 1 atom stereocenters. The van der Waals surface area contributed by atoms with Gasteiger partial charge in [0.05, 0.1) is 16.5 Å². The molecule has 7 heteroatoms. The fourth-order valence-electron chi connectivity index (χ4n) is 3.34. The zero-order chi connectivity index (χ0) is 18.3. The van der Waals surface area contributed by atoms with Crippen LogP contribution in [0.1, 0.15) is 42.8 Å². The van der Waals surface area contributed by atoms with Crippen molar-refractivity contribution in [3.05, 3.63) is 73.8 Å². The van der Waals surface area contributed by atoms with E-state index in [2.05, 4.69) is 21.4 Å². The molecule has 0 aliphatic carbocycles. The van der Waals surface area contributed by atoms with Crippen molar-refractivity contribution in [3.63, 3.8) is 0 Å². The van der Waals surface area contributed by atoms with E-state index in [1.807, 2.05) is 25.1 Å². The SMILES string of the molecule is Cc1sc(C(=O)c2cncnc2N)cc1[C@@H]1NCCc2ccc(Cl)cc21. The third-order valence-electron chi connectivity index (χ3n) is 4.64. The Morgan fingerprint density at radius 1 is 1.35 bits per heavy atom. The molecule has 0 spiro atoms. The van der Waals surface area contributed by atoms with Gasteiger partial charge in [0.25, 0.3) is 0 Å². The molecule has 1 aliphatic heterocycles. The summed E-state index contributed by atoms with van der Waals surface area (Å²) in [5.74, 6) is 0.0510. The normalized spacial score (nSPS) is 16.3. The van der Waals surface area contributed by atoms with E-state index in [0.717, 1.165) is 28.4 Å². The molecule has 0 saturated carbocycles. The van der Waals surface area contributed by atoms with Gasteiger partial charge in [-0.1, -0.05) is 17.7 Å². The summed E-state index contributed by atoms with van der Waals surface area (Å²) < 4.78 is 0. The van der Waals surface area contributed by atoms with Gasteiger partial charge in [0.15, 0.2) is 0 Å². The number of aryl methyl sites for hydroxylation is 1. The van der Waals surface area contributed by atoms with Crippen molar-refractivity contribution in [3.8, 4) is 0 Å². The molecule has 3 aromatic rings. The van der Waals surface area contributed by atoms with Crippen LogP contribution in [0.2, 0.25) is 5.02 Å².